The first-order valence-corrected chi connectivity index (χ1v) is 12.8. The lowest BCUT2D eigenvalue weighted by atomic mass is 9.61. The average Bonchev–Trinajstić information content (AvgIpc) is 2.78. The molecule has 3 nitrogen and oxygen atoms in total. The van der Waals surface area contributed by atoms with Crippen molar-refractivity contribution in [2.75, 3.05) is 6.54 Å². The van der Waals surface area contributed by atoms with Crippen molar-refractivity contribution in [3.63, 3.8) is 0 Å². The first kappa shape index (κ1) is 20.0. The Morgan fingerprint density at radius 1 is 0.900 bits per heavy atom. The van der Waals surface area contributed by atoms with Crippen LogP contribution in [0.2, 0.25) is 0 Å². The Morgan fingerprint density at radius 3 is 2.43 bits per heavy atom. The van der Waals surface area contributed by atoms with E-state index in [-0.39, 0.29) is 6.04 Å². The lowest BCUT2D eigenvalue weighted by Gasteiger charge is -2.50. The Balaban J connectivity index is 1.58. The summed E-state index contributed by atoms with van der Waals surface area (Å²) in [5.74, 6) is 1.35. The van der Waals surface area contributed by atoms with E-state index in [1.807, 2.05) is 23.4 Å². The molecule has 2 aromatic carbocycles. The third kappa shape index (κ3) is 3.44. The Kier molecular flexibility index (Phi) is 5.32. The van der Waals surface area contributed by atoms with Gasteiger partial charge in [-0.2, -0.15) is 4.31 Å². The monoisotopic (exact) mass is 421 g/mol. The van der Waals surface area contributed by atoms with Gasteiger partial charge in [0, 0.05) is 12.6 Å². The van der Waals surface area contributed by atoms with Gasteiger partial charge < -0.3 is 0 Å². The smallest absolute Gasteiger partial charge is 0.207 e. The molecule has 0 spiro atoms. The minimum Gasteiger partial charge on any atom is -0.207 e. The summed E-state index contributed by atoms with van der Waals surface area (Å²) >= 11 is 0. The molecule has 158 valence electrons. The van der Waals surface area contributed by atoms with E-state index in [1.54, 1.807) is 12.1 Å². The lowest BCUT2D eigenvalue weighted by Crippen LogP contribution is -2.52. The molecule has 1 saturated carbocycles. The van der Waals surface area contributed by atoms with E-state index in [1.165, 1.54) is 30.4 Å². The van der Waals surface area contributed by atoms with Crippen LogP contribution in [0, 0.1) is 18.8 Å². The topological polar surface area (TPSA) is 37.4 Å². The third-order valence-corrected chi connectivity index (χ3v) is 9.40. The number of benzene rings is 2. The summed E-state index contributed by atoms with van der Waals surface area (Å²) < 4.78 is 29.1. The van der Waals surface area contributed by atoms with Gasteiger partial charge in [-0.05, 0) is 74.5 Å². The fraction of sp³-hybridized carbons (Fsp3) is 0.462. The van der Waals surface area contributed by atoms with E-state index in [9.17, 15) is 8.42 Å². The predicted molar refractivity (Wildman–Crippen MR) is 121 cm³/mol. The number of sulfonamides is 1. The molecule has 2 aromatic rings. The number of allylic oxidation sites excluding steroid dienone is 1. The minimum atomic E-state index is -3.50. The van der Waals surface area contributed by atoms with Gasteiger partial charge in [-0.3, -0.25) is 0 Å². The Morgan fingerprint density at radius 2 is 1.67 bits per heavy atom. The van der Waals surface area contributed by atoms with Crippen molar-refractivity contribution < 1.29 is 8.42 Å². The summed E-state index contributed by atoms with van der Waals surface area (Å²) in [4.78, 5) is 0.425. The summed E-state index contributed by atoms with van der Waals surface area (Å²) in [5, 5.41) is 0. The van der Waals surface area contributed by atoms with Gasteiger partial charge in [0.05, 0.1) is 4.90 Å². The second-order valence-corrected chi connectivity index (χ2v) is 11.1. The van der Waals surface area contributed by atoms with Crippen molar-refractivity contribution in [1.82, 2.24) is 4.31 Å². The zero-order chi connectivity index (χ0) is 20.7. The maximum absolute atomic E-state index is 13.7. The molecule has 30 heavy (non-hydrogen) atoms. The molecule has 0 unspecified atom stereocenters. The molecular formula is C26H31NO2S. The zero-order valence-electron chi connectivity index (χ0n) is 17.7. The molecule has 0 bridgehead atoms. The maximum atomic E-state index is 13.7. The summed E-state index contributed by atoms with van der Waals surface area (Å²) in [5.41, 5.74) is 3.97. The standard InChI is InChI=1S/C26H31NO2S/c1-19-13-15-22(16-14-19)30(28,29)27-17-7-12-24-25(27)18-21-10-5-6-11-23(21)26(24)20-8-3-2-4-9-20/h2-4,8-9,13-16,18,23-26H,5-7,10-12,17H2,1H3/t23-,24+,25+,26-/m1/s1. The average molecular weight is 422 g/mol. The molecule has 4 atom stereocenters. The van der Waals surface area contributed by atoms with Crippen LogP contribution in [0.4, 0.5) is 0 Å². The van der Waals surface area contributed by atoms with Crippen LogP contribution in [0.3, 0.4) is 0 Å². The highest BCUT2D eigenvalue weighted by Crippen LogP contribution is 2.52. The number of fused-ring (bicyclic) bond motifs is 2. The normalized spacial score (nSPS) is 29.6. The Hall–Kier alpha value is -1.91. The van der Waals surface area contributed by atoms with Crippen molar-refractivity contribution >= 4 is 10.0 Å². The van der Waals surface area contributed by atoms with Gasteiger partial charge in [-0.15, -0.1) is 0 Å². The third-order valence-electron chi connectivity index (χ3n) is 7.49. The molecule has 1 saturated heterocycles. The van der Waals surface area contributed by atoms with Crippen molar-refractivity contribution in [3.8, 4) is 0 Å². The van der Waals surface area contributed by atoms with Crippen molar-refractivity contribution in [3.05, 3.63) is 77.4 Å². The van der Waals surface area contributed by atoms with E-state index >= 15 is 0 Å². The summed E-state index contributed by atoms with van der Waals surface area (Å²) in [6.07, 6.45) is 9.27. The van der Waals surface area contributed by atoms with Gasteiger partial charge >= 0.3 is 0 Å². The van der Waals surface area contributed by atoms with E-state index in [4.69, 9.17) is 0 Å². The van der Waals surface area contributed by atoms with E-state index in [0.29, 0.717) is 29.2 Å². The number of hydrogen-bond donors (Lipinski definition) is 0. The molecule has 1 heterocycles. The van der Waals surface area contributed by atoms with Gasteiger partial charge in [0.2, 0.25) is 10.0 Å². The van der Waals surface area contributed by atoms with Crippen LogP contribution in [-0.2, 0) is 10.0 Å². The largest absolute Gasteiger partial charge is 0.243 e. The molecule has 0 amide bonds. The van der Waals surface area contributed by atoms with Crippen LogP contribution in [-0.4, -0.2) is 25.3 Å². The lowest BCUT2D eigenvalue weighted by molar-refractivity contribution is 0.138. The molecule has 2 aliphatic carbocycles. The highest BCUT2D eigenvalue weighted by atomic mass is 32.2. The van der Waals surface area contributed by atoms with Crippen LogP contribution >= 0.6 is 0 Å². The Bertz CT molecular complexity index is 1030. The van der Waals surface area contributed by atoms with Crippen LogP contribution < -0.4 is 0 Å². The van der Waals surface area contributed by atoms with Crippen molar-refractivity contribution in [2.45, 2.75) is 62.3 Å². The number of piperidine rings is 1. The van der Waals surface area contributed by atoms with Crippen molar-refractivity contribution in [2.24, 2.45) is 11.8 Å². The molecule has 5 rings (SSSR count). The predicted octanol–water partition coefficient (Wildman–Crippen LogP) is 5.68. The van der Waals surface area contributed by atoms with E-state index < -0.39 is 10.0 Å². The molecule has 3 aliphatic rings. The highest BCUT2D eigenvalue weighted by Gasteiger charge is 2.47. The number of rotatable bonds is 3. The SMILES string of the molecule is Cc1ccc(S(=O)(=O)N2CCC[C@@H]3[C@H](c4ccccc4)[C@@H]4CCCCC4=C[C@@H]32)cc1. The highest BCUT2D eigenvalue weighted by molar-refractivity contribution is 7.89. The summed E-state index contributed by atoms with van der Waals surface area (Å²) in [6, 6.07) is 18.2. The summed E-state index contributed by atoms with van der Waals surface area (Å²) in [7, 11) is -3.50. The van der Waals surface area contributed by atoms with E-state index in [2.05, 4.69) is 36.4 Å². The van der Waals surface area contributed by atoms with Gasteiger partial charge in [0.25, 0.3) is 0 Å². The fourth-order valence-electron chi connectivity index (χ4n) is 6.09. The number of aryl methyl sites for hydroxylation is 1. The quantitative estimate of drug-likeness (QED) is 0.598. The molecule has 0 radical (unpaired) electrons. The molecule has 2 fully saturated rings. The number of nitrogens with zero attached hydrogens (tertiary/aromatic N) is 1. The maximum Gasteiger partial charge on any atom is 0.243 e. The minimum absolute atomic E-state index is 0.0281. The van der Waals surface area contributed by atoms with Gasteiger partial charge in [0.1, 0.15) is 0 Å². The Labute approximate surface area is 180 Å². The molecule has 4 heteroatoms. The summed E-state index contributed by atoms with van der Waals surface area (Å²) in [6.45, 7) is 2.61. The van der Waals surface area contributed by atoms with Gasteiger partial charge in [0.15, 0.2) is 0 Å². The first-order valence-electron chi connectivity index (χ1n) is 11.4. The molecule has 0 N–H and O–H groups in total. The van der Waals surface area contributed by atoms with Crippen LogP contribution in [0.15, 0.2) is 71.1 Å². The fourth-order valence-corrected chi connectivity index (χ4v) is 7.75. The molecule has 1 aliphatic heterocycles. The second kappa shape index (κ2) is 7.97. The molecular weight excluding hydrogens is 390 g/mol. The molecule has 0 aromatic heterocycles. The van der Waals surface area contributed by atoms with Crippen LogP contribution in [0.5, 0.6) is 0 Å². The zero-order valence-corrected chi connectivity index (χ0v) is 18.5. The van der Waals surface area contributed by atoms with Crippen LogP contribution in [0.1, 0.15) is 55.6 Å². The van der Waals surface area contributed by atoms with E-state index in [0.717, 1.165) is 24.8 Å². The van der Waals surface area contributed by atoms with Gasteiger partial charge in [-0.1, -0.05) is 66.1 Å². The van der Waals surface area contributed by atoms with Gasteiger partial charge in [-0.25, -0.2) is 8.42 Å². The van der Waals surface area contributed by atoms with Crippen molar-refractivity contribution in [1.29, 1.82) is 0 Å². The number of hydrogen-bond acceptors (Lipinski definition) is 2. The first-order chi connectivity index (χ1) is 14.6. The second-order valence-electron chi connectivity index (χ2n) is 9.26. The van der Waals surface area contributed by atoms with Crippen LogP contribution in [0.25, 0.3) is 0 Å².